The van der Waals surface area contributed by atoms with Crippen LogP contribution in [0.5, 0.6) is 5.75 Å². The minimum absolute atomic E-state index is 0.264. The molecule has 2 aliphatic rings. The molecule has 0 amide bonds. The number of pyridine rings is 2. The van der Waals surface area contributed by atoms with Crippen LogP contribution in [-0.4, -0.2) is 64.1 Å². The Kier molecular flexibility index (Phi) is 8.54. The maximum Gasteiger partial charge on any atom is 0.337 e. The van der Waals surface area contributed by atoms with E-state index in [-0.39, 0.29) is 11.9 Å². The third kappa shape index (κ3) is 5.84. The molecule has 0 spiro atoms. The van der Waals surface area contributed by atoms with Crippen LogP contribution in [-0.2, 0) is 27.7 Å². The molecule has 4 aromatic rings. The van der Waals surface area contributed by atoms with Crippen LogP contribution in [0.4, 0.5) is 10.2 Å². The summed E-state index contributed by atoms with van der Waals surface area (Å²) >= 11 is 0. The van der Waals surface area contributed by atoms with Crippen molar-refractivity contribution in [3.05, 3.63) is 58.7 Å². The number of benzene rings is 1. The van der Waals surface area contributed by atoms with Crippen molar-refractivity contribution in [1.82, 2.24) is 14.5 Å². The summed E-state index contributed by atoms with van der Waals surface area (Å²) in [7, 11) is 3.71. The lowest BCUT2D eigenvalue weighted by molar-refractivity contribution is -0.160. The number of methoxy groups -OCH3 is 1. The summed E-state index contributed by atoms with van der Waals surface area (Å²) in [4.78, 5) is 24.8. The molecule has 244 valence electrons. The van der Waals surface area contributed by atoms with Crippen molar-refractivity contribution in [2.75, 3.05) is 31.7 Å². The zero-order valence-corrected chi connectivity index (χ0v) is 27.7. The van der Waals surface area contributed by atoms with Crippen LogP contribution in [0.25, 0.3) is 33.4 Å². The topological polar surface area (TPSA) is 98.9 Å². The molecular weight excluding hydrogens is 587 g/mol. The molecule has 1 atom stereocenters. The van der Waals surface area contributed by atoms with Gasteiger partial charge in [-0.1, -0.05) is 0 Å². The first-order chi connectivity index (χ1) is 21.9. The van der Waals surface area contributed by atoms with Gasteiger partial charge in [-0.2, -0.15) is 0 Å². The maximum absolute atomic E-state index is 15.8. The highest BCUT2D eigenvalue weighted by Crippen LogP contribution is 2.45. The van der Waals surface area contributed by atoms with E-state index in [0.717, 1.165) is 65.9 Å². The van der Waals surface area contributed by atoms with Crippen molar-refractivity contribution in [2.45, 2.75) is 78.1 Å². The normalized spacial score (nSPS) is 16.4. The molecule has 6 rings (SSSR count). The minimum Gasteiger partial charge on any atom is -0.490 e. The number of carbonyl (C=O) groups is 1. The second-order valence-electron chi connectivity index (χ2n) is 13.4. The number of aliphatic carboxylic acids is 1. The number of aromatic nitrogens is 3. The molecule has 0 saturated carbocycles. The third-order valence-electron chi connectivity index (χ3n) is 9.21. The van der Waals surface area contributed by atoms with Crippen LogP contribution in [0.1, 0.15) is 68.5 Å². The lowest BCUT2D eigenvalue weighted by Crippen LogP contribution is -2.37. The summed E-state index contributed by atoms with van der Waals surface area (Å²) in [5.41, 5.74) is 5.57. The van der Waals surface area contributed by atoms with Crippen LogP contribution in [0, 0.1) is 19.7 Å². The largest absolute Gasteiger partial charge is 0.490 e. The van der Waals surface area contributed by atoms with Crippen LogP contribution < -0.4 is 9.64 Å². The number of nitrogens with zero attached hydrogens (tertiary/aromatic N) is 4. The van der Waals surface area contributed by atoms with Gasteiger partial charge in [0.05, 0.1) is 24.0 Å². The molecule has 0 bridgehead atoms. The van der Waals surface area contributed by atoms with Crippen LogP contribution in [0.15, 0.2) is 30.5 Å². The summed E-state index contributed by atoms with van der Waals surface area (Å²) in [5.74, 6) is -0.421. The van der Waals surface area contributed by atoms with Gasteiger partial charge in [0.25, 0.3) is 0 Å². The van der Waals surface area contributed by atoms with Crippen molar-refractivity contribution < 1.29 is 28.5 Å². The number of rotatable bonds is 7. The first-order valence-corrected chi connectivity index (χ1v) is 16.0. The summed E-state index contributed by atoms with van der Waals surface area (Å²) in [6.45, 7) is 11.4. The van der Waals surface area contributed by atoms with Gasteiger partial charge in [-0.25, -0.2) is 19.2 Å². The first kappa shape index (κ1) is 31.9. The van der Waals surface area contributed by atoms with E-state index in [1.165, 1.54) is 6.07 Å². The van der Waals surface area contributed by atoms with Crippen LogP contribution in [0.3, 0.4) is 0 Å². The number of aryl methyl sites for hydroxylation is 2. The average molecular weight is 631 g/mol. The molecule has 1 fully saturated rings. The van der Waals surface area contributed by atoms with Crippen LogP contribution >= 0.6 is 0 Å². The molecule has 3 aromatic heterocycles. The number of hydrogen-bond donors (Lipinski definition) is 1. The molecule has 1 saturated heterocycles. The van der Waals surface area contributed by atoms with E-state index in [0.29, 0.717) is 41.1 Å². The van der Waals surface area contributed by atoms with Gasteiger partial charge in [0.1, 0.15) is 11.5 Å². The predicted octanol–water partition coefficient (Wildman–Crippen LogP) is 6.94. The van der Waals surface area contributed by atoms with Gasteiger partial charge in [0.15, 0.2) is 17.7 Å². The smallest absolute Gasteiger partial charge is 0.337 e. The number of carboxylic acids is 1. The quantitative estimate of drug-likeness (QED) is 0.235. The number of fused-ring (bicyclic) bond motifs is 2. The molecule has 2 aliphatic heterocycles. The zero-order chi connectivity index (χ0) is 32.9. The molecule has 1 N–H and O–H groups in total. The number of anilines is 1. The zero-order valence-electron chi connectivity index (χ0n) is 27.7. The summed E-state index contributed by atoms with van der Waals surface area (Å²) < 4.78 is 35.3. The van der Waals surface area contributed by atoms with E-state index in [1.807, 2.05) is 57.6 Å². The highest BCUT2D eigenvalue weighted by Gasteiger charge is 2.34. The fourth-order valence-corrected chi connectivity index (χ4v) is 6.92. The Morgan fingerprint density at radius 1 is 1.17 bits per heavy atom. The van der Waals surface area contributed by atoms with E-state index in [9.17, 15) is 9.90 Å². The summed E-state index contributed by atoms with van der Waals surface area (Å²) in [6, 6.07) is 7.56. The Labute approximate surface area is 269 Å². The number of piperidine rings is 1. The van der Waals surface area contributed by atoms with E-state index in [1.54, 1.807) is 14.0 Å². The van der Waals surface area contributed by atoms with Crippen molar-refractivity contribution >= 4 is 22.8 Å². The van der Waals surface area contributed by atoms with Gasteiger partial charge in [-0.05, 0) is 95.7 Å². The Morgan fingerprint density at radius 3 is 2.59 bits per heavy atom. The highest BCUT2D eigenvalue weighted by molar-refractivity contribution is 6.01. The molecule has 0 aliphatic carbocycles. The number of carboxylic acid groups (broad SMARTS) is 1. The maximum atomic E-state index is 15.8. The van der Waals surface area contributed by atoms with Crippen molar-refractivity contribution in [3.63, 3.8) is 0 Å². The number of halogens is 1. The Morgan fingerprint density at radius 2 is 1.91 bits per heavy atom. The molecule has 5 heterocycles. The molecule has 9 nitrogen and oxygen atoms in total. The number of ether oxygens (including phenoxy) is 3. The molecule has 1 unspecified atom stereocenters. The molecule has 0 radical (unpaired) electrons. The Balaban J connectivity index is 1.59. The minimum atomic E-state index is -1.33. The van der Waals surface area contributed by atoms with E-state index >= 15 is 4.39 Å². The molecule has 1 aromatic carbocycles. The van der Waals surface area contributed by atoms with Crippen molar-refractivity contribution in [1.29, 1.82) is 0 Å². The van der Waals surface area contributed by atoms with E-state index in [2.05, 4.69) is 16.0 Å². The van der Waals surface area contributed by atoms with E-state index in [4.69, 9.17) is 19.2 Å². The second-order valence-corrected chi connectivity index (χ2v) is 13.4. The lowest BCUT2D eigenvalue weighted by Gasteiger charge is -2.32. The van der Waals surface area contributed by atoms with Gasteiger partial charge in [0.2, 0.25) is 0 Å². The Bertz CT molecular complexity index is 1800. The van der Waals surface area contributed by atoms with Gasteiger partial charge >= 0.3 is 5.97 Å². The van der Waals surface area contributed by atoms with Gasteiger partial charge in [0, 0.05) is 66.8 Å². The van der Waals surface area contributed by atoms with Gasteiger partial charge in [-0.3, -0.25) is 0 Å². The van der Waals surface area contributed by atoms with Crippen molar-refractivity contribution in [3.8, 4) is 28.1 Å². The average Bonchev–Trinajstić information content (AvgIpc) is 3.36. The van der Waals surface area contributed by atoms with Gasteiger partial charge in [-0.15, -0.1) is 0 Å². The number of hydrogen-bond acceptors (Lipinski definition) is 7. The first-order valence-electron chi connectivity index (χ1n) is 16.0. The molecular formula is C36H43FN4O5. The predicted molar refractivity (Wildman–Crippen MR) is 176 cm³/mol. The SMILES string of the molecule is COC1CCN(c2cc(-c3cc4c(-c5cc(F)c6c(c5C)CCCO6)c(C(OC(C)(C)C)C(=O)O)c(C)nc4n3C)ccn2)CC1. The van der Waals surface area contributed by atoms with Crippen LogP contribution in [0.2, 0.25) is 0 Å². The second kappa shape index (κ2) is 12.3. The Hall–Kier alpha value is -4.02. The third-order valence-corrected chi connectivity index (χ3v) is 9.21. The standard InChI is InChI=1S/C36H43FN4O5/c1-20-24-9-8-16-45-32(24)27(37)18-25(20)31-26-19-28(22-10-13-38-29(17-22)41-14-11-23(44-7)12-15-41)40(6)34(26)39-21(2)30(31)33(35(42)43)46-36(3,4)5/h10,13,17-19,23,33H,8-9,11-12,14-16H2,1-7H3,(H,42,43). The summed E-state index contributed by atoms with van der Waals surface area (Å²) in [6.07, 6.45) is 4.09. The molecule has 10 heteroatoms. The highest BCUT2D eigenvalue weighted by atomic mass is 19.1. The lowest BCUT2D eigenvalue weighted by atomic mass is 9.86. The summed E-state index contributed by atoms with van der Waals surface area (Å²) in [5, 5.41) is 11.2. The fourth-order valence-electron chi connectivity index (χ4n) is 6.92. The van der Waals surface area contributed by atoms with E-state index < -0.39 is 23.5 Å². The monoisotopic (exact) mass is 630 g/mol. The van der Waals surface area contributed by atoms with Gasteiger partial charge < -0.3 is 28.8 Å². The fraction of sp³-hybridized carbons (Fsp3) is 0.472. The van der Waals surface area contributed by atoms with Crippen molar-refractivity contribution in [2.24, 2.45) is 7.05 Å². The molecule has 46 heavy (non-hydrogen) atoms.